The van der Waals surface area contributed by atoms with Crippen LogP contribution in [0.2, 0.25) is 0 Å². The van der Waals surface area contributed by atoms with Crippen molar-refractivity contribution in [3.8, 4) is 11.5 Å². The van der Waals surface area contributed by atoms with E-state index in [0.29, 0.717) is 5.75 Å². The van der Waals surface area contributed by atoms with Gasteiger partial charge in [0.1, 0.15) is 11.5 Å². The summed E-state index contributed by atoms with van der Waals surface area (Å²) in [6.07, 6.45) is 1.49. The number of hydrogen-bond donors (Lipinski definition) is 2. The largest absolute Gasteiger partial charge is 0.508 e. The second-order valence-electron chi connectivity index (χ2n) is 5.27. The molecule has 0 aliphatic carbocycles. The van der Waals surface area contributed by atoms with E-state index in [-0.39, 0.29) is 18.3 Å². The fraction of sp³-hybridized carbons (Fsp3) is 0.0526. The number of ether oxygens (including phenoxy) is 1. The van der Waals surface area contributed by atoms with E-state index in [4.69, 9.17) is 4.74 Å². The van der Waals surface area contributed by atoms with Crippen molar-refractivity contribution in [3.63, 3.8) is 0 Å². The van der Waals surface area contributed by atoms with Crippen LogP contribution >= 0.6 is 15.9 Å². The standard InChI is InChI=1S/C19H15BrN2O3/c20-19-16-4-2-1-3-14(16)7-10-17(19)25-12-18(24)22-21-11-13-5-8-15(23)9-6-13/h1-11,23H,12H2,(H,22,24)/b21-11+. The van der Waals surface area contributed by atoms with Crippen molar-refractivity contribution in [2.45, 2.75) is 0 Å². The van der Waals surface area contributed by atoms with Crippen molar-refractivity contribution in [1.82, 2.24) is 5.43 Å². The Morgan fingerprint density at radius 1 is 1.12 bits per heavy atom. The van der Waals surface area contributed by atoms with Crippen molar-refractivity contribution in [2.75, 3.05) is 6.61 Å². The molecule has 0 radical (unpaired) electrons. The zero-order chi connectivity index (χ0) is 17.6. The Labute approximate surface area is 153 Å². The summed E-state index contributed by atoms with van der Waals surface area (Å²) in [5, 5.41) is 15.2. The molecule has 126 valence electrons. The summed E-state index contributed by atoms with van der Waals surface area (Å²) < 4.78 is 6.37. The van der Waals surface area contributed by atoms with Gasteiger partial charge in [-0.25, -0.2) is 5.43 Å². The molecule has 25 heavy (non-hydrogen) atoms. The predicted octanol–water partition coefficient (Wildman–Crippen LogP) is 3.84. The SMILES string of the molecule is O=C(COc1ccc2ccccc2c1Br)N/N=C/c1ccc(O)cc1. The van der Waals surface area contributed by atoms with E-state index in [2.05, 4.69) is 26.5 Å². The van der Waals surface area contributed by atoms with E-state index in [1.165, 1.54) is 6.21 Å². The molecule has 0 fully saturated rings. The van der Waals surface area contributed by atoms with Crippen molar-refractivity contribution >= 4 is 38.8 Å². The molecule has 0 aromatic heterocycles. The van der Waals surface area contributed by atoms with Gasteiger partial charge in [0.15, 0.2) is 6.61 Å². The minimum absolute atomic E-state index is 0.149. The van der Waals surface area contributed by atoms with Gasteiger partial charge >= 0.3 is 0 Å². The Morgan fingerprint density at radius 2 is 1.88 bits per heavy atom. The highest BCUT2D eigenvalue weighted by molar-refractivity contribution is 9.10. The molecule has 0 bridgehead atoms. The number of carbonyl (C=O) groups excluding carboxylic acids is 1. The smallest absolute Gasteiger partial charge is 0.277 e. The zero-order valence-corrected chi connectivity index (χ0v) is 14.7. The van der Waals surface area contributed by atoms with Gasteiger partial charge in [-0.2, -0.15) is 5.10 Å². The monoisotopic (exact) mass is 398 g/mol. The number of amides is 1. The van der Waals surface area contributed by atoms with Gasteiger partial charge in [-0.15, -0.1) is 0 Å². The van der Waals surface area contributed by atoms with Crippen molar-refractivity contribution in [3.05, 3.63) is 70.7 Å². The quantitative estimate of drug-likeness (QED) is 0.506. The van der Waals surface area contributed by atoms with Crippen molar-refractivity contribution < 1.29 is 14.6 Å². The number of nitrogens with one attached hydrogen (secondary N) is 1. The van der Waals surface area contributed by atoms with Crippen LogP contribution in [0.4, 0.5) is 0 Å². The Morgan fingerprint density at radius 3 is 2.68 bits per heavy atom. The number of rotatable bonds is 5. The maximum Gasteiger partial charge on any atom is 0.277 e. The van der Waals surface area contributed by atoms with Crippen LogP contribution in [0.15, 0.2) is 70.2 Å². The molecule has 3 aromatic carbocycles. The van der Waals surface area contributed by atoms with E-state index >= 15 is 0 Å². The highest BCUT2D eigenvalue weighted by Crippen LogP contribution is 2.32. The molecule has 2 N–H and O–H groups in total. The molecular formula is C19H15BrN2O3. The molecule has 0 heterocycles. The lowest BCUT2D eigenvalue weighted by Gasteiger charge is -2.09. The van der Waals surface area contributed by atoms with E-state index in [1.54, 1.807) is 24.3 Å². The molecule has 0 atom stereocenters. The average molecular weight is 399 g/mol. The Balaban J connectivity index is 1.57. The van der Waals surface area contributed by atoms with Crippen molar-refractivity contribution in [2.24, 2.45) is 5.10 Å². The van der Waals surface area contributed by atoms with Gasteiger partial charge in [0.05, 0.1) is 10.7 Å². The fourth-order valence-corrected chi connectivity index (χ4v) is 2.85. The summed E-state index contributed by atoms with van der Waals surface area (Å²) in [6, 6.07) is 18.1. The molecule has 0 aliphatic heterocycles. The molecule has 1 amide bonds. The van der Waals surface area contributed by atoms with E-state index in [1.807, 2.05) is 36.4 Å². The number of hydrogen-bond acceptors (Lipinski definition) is 4. The second kappa shape index (κ2) is 7.81. The lowest BCUT2D eigenvalue weighted by atomic mass is 10.1. The van der Waals surface area contributed by atoms with Gasteiger partial charge in [-0.1, -0.05) is 30.3 Å². The minimum atomic E-state index is -0.366. The van der Waals surface area contributed by atoms with E-state index < -0.39 is 0 Å². The number of aromatic hydroxyl groups is 1. The van der Waals surface area contributed by atoms with Gasteiger partial charge in [0, 0.05) is 0 Å². The first kappa shape index (κ1) is 17.0. The summed E-state index contributed by atoms with van der Waals surface area (Å²) in [5.41, 5.74) is 3.16. The van der Waals surface area contributed by atoms with Gasteiger partial charge in [-0.3, -0.25) is 4.79 Å². The van der Waals surface area contributed by atoms with Crippen LogP contribution in [-0.2, 0) is 4.79 Å². The van der Waals surface area contributed by atoms with Crippen molar-refractivity contribution in [1.29, 1.82) is 0 Å². The third kappa shape index (κ3) is 4.36. The molecule has 0 saturated carbocycles. The number of nitrogens with zero attached hydrogens (tertiary/aromatic N) is 1. The van der Waals surface area contributed by atoms with Gasteiger partial charge in [0.2, 0.25) is 0 Å². The van der Waals surface area contributed by atoms with Gasteiger partial charge in [-0.05, 0) is 62.6 Å². The zero-order valence-electron chi connectivity index (χ0n) is 13.1. The first-order valence-corrected chi connectivity index (χ1v) is 8.34. The lowest BCUT2D eigenvalue weighted by Crippen LogP contribution is -2.24. The third-order valence-electron chi connectivity index (χ3n) is 3.48. The highest BCUT2D eigenvalue weighted by atomic mass is 79.9. The molecule has 3 aromatic rings. The molecule has 0 aliphatic rings. The molecule has 0 saturated heterocycles. The number of halogens is 1. The molecule has 5 nitrogen and oxygen atoms in total. The Hall–Kier alpha value is -2.86. The summed E-state index contributed by atoms with van der Waals surface area (Å²) in [5.74, 6) is 0.405. The van der Waals surface area contributed by atoms with E-state index in [9.17, 15) is 9.90 Å². The average Bonchev–Trinajstić information content (AvgIpc) is 2.63. The first-order chi connectivity index (χ1) is 12.1. The summed E-state index contributed by atoms with van der Waals surface area (Å²) in [7, 11) is 0. The van der Waals surface area contributed by atoms with Crippen LogP contribution in [0.3, 0.4) is 0 Å². The third-order valence-corrected chi connectivity index (χ3v) is 4.30. The van der Waals surface area contributed by atoms with E-state index in [0.717, 1.165) is 20.8 Å². The van der Waals surface area contributed by atoms with Crippen LogP contribution in [0.25, 0.3) is 10.8 Å². The van der Waals surface area contributed by atoms with Crippen LogP contribution in [0.1, 0.15) is 5.56 Å². The number of fused-ring (bicyclic) bond motifs is 1. The normalized spacial score (nSPS) is 10.9. The topological polar surface area (TPSA) is 70.9 Å². The maximum absolute atomic E-state index is 11.8. The summed E-state index contributed by atoms with van der Waals surface area (Å²) in [6.45, 7) is -0.149. The molecular weight excluding hydrogens is 384 g/mol. The van der Waals surface area contributed by atoms with Crippen LogP contribution in [0.5, 0.6) is 11.5 Å². The molecule has 3 rings (SSSR count). The number of benzene rings is 3. The Kier molecular flexibility index (Phi) is 5.30. The maximum atomic E-state index is 11.8. The highest BCUT2D eigenvalue weighted by Gasteiger charge is 2.08. The van der Waals surface area contributed by atoms with Crippen LogP contribution in [-0.4, -0.2) is 23.8 Å². The first-order valence-electron chi connectivity index (χ1n) is 7.54. The lowest BCUT2D eigenvalue weighted by molar-refractivity contribution is -0.123. The molecule has 0 spiro atoms. The summed E-state index contributed by atoms with van der Waals surface area (Å²) >= 11 is 3.51. The summed E-state index contributed by atoms with van der Waals surface area (Å²) in [4.78, 5) is 11.8. The number of phenolic OH excluding ortho intramolecular Hbond substituents is 1. The number of phenols is 1. The van der Waals surface area contributed by atoms with Crippen LogP contribution in [0, 0.1) is 0 Å². The fourth-order valence-electron chi connectivity index (χ4n) is 2.24. The molecule has 0 unspecified atom stereocenters. The number of carbonyl (C=O) groups is 1. The Bertz CT molecular complexity index is 924. The second-order valence-corrected chi connectivity index (χ2v) is 6.07. The minimum Gasteiger partial charge on any atom is -0.508 e. The van der Waals surface area contributed by atoms with Gasteiger partial charge in [0.25, 0.3) is 5.91 Å². The molecule has 6 heteroatoms. The predicted molar refractivity (Wildman–Crippen MR) is 101 cm³/mol. The van der Waals surface area contributed by atoms with Gasteiger partial charge < -0.3 is 9.84 Å². The van der Waals surface area contributed by atoms with Crippen LogP contribution < -0.4 is 10.2 Å². The number of hydrazone groups is 1.